The van der Waals surface area contributed by atoms with Crippen molar-refractivity contribution in [2.75, 3.05) is 62.5 Å². The first-order valence-electron chi connectivity index (χ1n) is 13.6. The number of aromatic amines is 1. The molecule has 3 heterocycles. The lowest BCUT2D eigenvalue weighted by Crippen LogP contribution is -2.40. The van der Waals surface area contributed by atoms with Gasteiger partial charge in [0.15, 0.2) is 5.82 Å². The summed E-state index contributed by atoms with van der Waals surface area (Å²) in [5.41, 5.74) is 0.943. The van der Waals surface area contributed by atoms with Gasteiger partial charge in [0.25, 0.3) is 5.91 Å². The predicted octanol–water partition coefficient (Wildman–Crippen LogP) is 2.72. The molecule has 230 valence electrons. The van der Waals surface area contributed by atoms with Crippen molar-refractivity contribution in [1.82, 2.24) is 19.4 Å². The van der Waals surface area contributed by atoms with Crippen molar-refractivity contribution in [3.05, 3.63) is 64.9 Å². The number of hydrogen-bond donors (Lipinski definition) is 3. The fourth-order valence-corrected chi connectivity index (χ4v) is 7.06. The third kappa shape index (κ3) is 6.11. The molecule has 3 N–H and O–H groups in total. The molecule has 0 saturated carbocycles. The first-order chi connectivity index (χ1) is 20.3. The van der Waals surface area contributed by atoms with Crippen LogP contribution in [-0.2, 0) is 31.6 Å². The van der Waals surface area contributed by atoms with Crippen molar-refractivity contribution in [2.24, 2.45) is 0 Å². The summed E-state index contributed by atoms with van der Waals surface area (Å²) >= 11 is 0. The maximum Gasteiger partial charge on any atom is 0.258 e. The highest BCUT2D eigenvalue weighted by molar-refractivity contribution is 7.89. The maximum absolute atomic E-state index is 13.9. The molecule has 2 aliphatic heterocycles. The molecule has 1 aromatic heterocycles. The minimum atomic E-state index is -4.34. The number of nitrogens with one attached hydrogen (secondary N) is 3. The van der Waals surface area contributed by atoms with E-state index in [0.717, 1.165) is 22.1 Å². The number of aromatic nitrogens is 2. The molecule has 0 atom stereocenters. The second-order valence-electron chi connectivity index (χ2n) is 11.2. The smallest absolute Gasteiger partial charge is 0.258 e. The first kappa shape index (κ1) is 30.5. The Morgan fingerprint density at radius 1 is 1.07 bits per heavy atom. The Labute approximate surface area is 248 Å². The third-order valence-corrected chi connectivity index (χ3v) is 9.42. The second-order valence-corrected chi connectivity index (χ2v) is 13.0. The highest BCUT2D eigenvalue weighted by Crippen LogP contribution is 2.44. The Hall–Kier alpha value is -3.92. The molecule has 0 aliphatic carbocycles. The van der Waals surface area contributed by atoms with Crippen LogP contribution in [0.2, 0.25) is 0 Å². The Balaban J connectivity index is 1.43. The second kappa shape index (κ2) is 11.6. The molecule has 1 saturated heterocycles. The van der Waals surface area contributed by atoms with Crippen molar-refractivity contribution in [3.8, 4) is 0 Å². The van der Waals surface area contributed by atoms with E-state index in [1.807, 2.05) is 0 Å². The summed E-state index contributed by atoms with van der Waals surface area (Å²) in [6.07, 6.45) is 0. The van der Waals surface area contributed by atoms with Gasteiger partial charge in [-0.2, -0.15) is 9.40 Å². The Bertz CT molecular complexity index is 1650. The lowest BCUT2D eigenvalue weighted by Gasteiger charge is -2.30. The summed E-state index contributed by atoms with van der Waals surface area (Å²) in [7, 11) is -0.834. The van der Waals surface area contributed by atoms with Crippen LogP contribution in [0.3, 0.4) is 0 Å². The number of amides is 2. The van der Waals surface area contributed by atoms with E-state index in [4.69, 9.17) is 4.74 Å². The van der Waals surface area contributed by atoms with Crippen LogP contribution in [-0.4, -0.2) is 86.6 Å². The summed E-state index contributed by atoms with van der Waals surface area (Å²) in [6.45, 7) is 5.58. The first-order valence-corrected chi connectivity index (χ1v) is 15.0. The van der Waals surface area contributed by atoms with Crippen LogP contribution in [0, 0.1) is 11.6 Å². The summed E-state index contributed by atoms with van der Waals surface area (Å²) in [4.78, 5) is 29.5. The van der Waals surface area contributed by atoms with Crippen molar-refractivity contribution in [2.45, 2.75) is 30.8 Å². The van der Waals surface area contributed by atoms with Gasteiger partial charge in [0, 0.05) is 37.0 Å². The van der Waals surface area contributed by atoms with Crippen LogP contribution in [0.25, 0.3) is 0 Å². The normalized spacial score (nSPS) is 16.8. The molecular formula is C28H33F2N7O5S. The zero-order chi connectivity index (χ0) is 31.1. The fourth-order valence-electron chi connectivity index (χ4n) is 5.29. The van der Waals surface area contributed by atoms with Crippen LogP contribution >= 0.6 is 0 Å². The number of rotatable bonds is 8. The number of halogens is 2. The van der Waals surface area contributed by atoms with E-state index in [1.54, 1.807) is 51.0 Å². The molecule has 0 unspecified atom stereocenters. The van der Waals surface area contributed by atoms with Gasteiger partial charge in [0.1, 0.15) is 11.6 Å². The molecule has 5 rings (SSSR count). The van der Waals surface area contributed by atoms with Gasteiger partial charge in [0.2, 0.25) is 15.9 Å². The van der Waals surface area contributed by atoms with Crippen molar-refractivity contribution >= 4 is 39.0 Å². The van der Waals surface area contributed by atoms with Crippen LogP contribution in [0.1, 0.15) is 35.5 Å². The number of hydrogen-bond acceptors (Lipinski definition) is 8. The molecule has 2 amide bonds. The topological polar surface area (TPSA) is 140 Å². The minimum absolute atomic E-state index is 0.0963. The van der Waals surface area contributed by atoms with E-state index in [2.05, 4.69) is 25.7 Å². The molecule has 0 spiro atoms. The monoisotopic (exact) mass is 617 g/mol. The number of carbonyl (C=O) groups excluding carboxylic acids is 2. The third-order valence-electron chi connectivity index (χ3n) is 7.42. The number of nitrogens with zero attached hydrogens (tertiary/aromatic N) is 4. The lowest BCUT2D eigenvalue weighted by molar-refractivity contribution is -0.116. The molecule has 0 bridgehead atoms. The number of morpholine rings is 1. The Kier molecular flexibility index (Phi) is 8.26. The van der Waals surface area contributed by atoms with E-state index in [9.17, 15) is 26.8 Å². The summed E-state index contributed by atoms with van der Waals surface area (Å²) in [5.74, 6) is -2.82. The van der Waals surface area contributed by atoms with E-state index >= 15 is 0 Å². The van der Waals surface area contributed by atoms with Gasteiger partial charge < -0.3 is 25.2 Å². The average molecular weight is 618 g/mol. The lowest BCUT2D eigenvalue weighted by atomic mass is 10.0. The molecule has 3 aromatic rings. The molecule has 0 radical (unpaired) electrons. The van der Waals surface area contributed by atoms with Crippen LogP contribution in [0.5, 0.6) is 0 Å². The molecule has 12 nitrogen and oxygen atoms in total. The molecule has 15 heteroatoms. The highest BCUT2D eigenvalue weighted by Gasteiger charge is 2.48. The van der Waals surface area contributed by atoms with Gasteiger partial charge in [-0.1, -0.05) is 0 Å². The largest absolute Gasteiger partial charge is 0.378 e. The SMILES string of the molecule is CN(C)CC(=O)Nc1cc(N2CCOCC2)ccc1C(=O)Nc1n[nH]c2c1CN(S(=O)(=O)c1cc(F)cc(F)c1)C2(C)C. The van der Waals surface area contributed by atoms with Crippen molar-refractivity contribution in [3.63, 3.8) is 0 Å². The quantitative estimate of drug-likeness (QED) is 0.351. The van der Waals surface area contributed by atoms with Crippen molar-refractivity contribution < 1.29 is 31.5 Å². The van der Waals surface area contributed by atoms with E-state index in [1.165, 1.54) is 0 Å². The average Bonchev–Trinajstić information content (AvgIpc) is 3.45. The summed E-state index contributed by atoms with van der Waals surface area (Å²) in [5, 5.41) is 12.6. The molecule has 2 aliphatic rings. The Morgan fingerprint density at radius 3 is 2.40 bits per heavy atom. The standard InChI is InChI=1S/C28H33F2N7O5S/c1-28(2)25-22(15-37(28)43(40,41)20-12-17(29)11-18(30)13-20)26(34-33-25)32-27(39)21-6-5-19(36-7-9-42-10-8-36)14-23(21)31-24(38)16-35(3)4/h5-6,11-14H,7-10,15-16H2,1-4H3,(H,31,38)(H2,32,33,34,39). The number of ether oxygens (including phenoxy) is 1. The van der Waals surface area contributed by atoms with Crippen LogP contribution in [0.4, 0.5) is 26.0 Å². The van der Waals surface area contributed by atoms with Crippen LogP contribution in [0.15, 0.2) is 41.3 Å². The van der Waals surface area contributed by atoms with Gasteiger partial charge >= 0.3 is 0 Å². The highest BCUT2D eigenvalue weighted by atomic mass is 32.2. The van der Waals surface area contributed by atoms with Gasteiger partial charge in [-0.05, 0) is 58.3 Å². The number of fused-ring (bicyclic) bond motifs is 1. The van der Waals surface area contributed by atoms with E-state index in [0.29, 0.717) is 49.3 Å². The summed E-state index contributed by atoms with van der Waals surface area (Å²) in [6, 6.07) is 7.24. The van der Waals surface area contributed by atoms with Gasteiger partial charge in [-0.3, -0.25) is 14.7 Å². The van der Waals surface area contributed by atoms with Crippen LogP contribution < -0.4 is 15.5 Å². The number of benzene rings is 2. The predicted molar refractivity (Wildman–Crippen MR) is 155 cm³/mol. The molecular weight excluding hydrogens is 584 g/mol. The van der Waals surface area contributed by atoms with Gasteiger partial charge in [-0.15, -0.1) is 0 Å². The van der Waals surface area contributed by atoms with E-state index in [-0.39, 0.29) is 30.4 Å². The number of likely N-dealkylation sites (N-methyl/N-ethyl adjacent to an activating group) is 1. The van der Waals surface area contributed by atoms with Gasteiger partial charge in [0.05, 0.1) is 47.1 Å². The molecule has 2 aromatic carbocycles. The number of H-pyrrole nitrogens is 1. The number of anilines is 3. The minimum Gasteiger partial charge on any atom is -0.378 e. The molecule has 43 heavy (non-hydrogen) atoms. The number of carbonyl (C=O) groups is 2. The number of sulfonamides is 1. The Morgan fingerprint density at radius 2 is 1.74 bits per heavy atom. The van der Waals surface area contributed by atoms with Crippen molar-refractivity contribution in [1.29, 1.82) is 0 Å². The zero-order valence-electron chi connectivity index (χ0n) is 24.2. The maximum atomic E-state index is 13.9. The van der Waals surface area contributed by atoms with E-state index < -0.39 is 38.0 Å². The van der Waals surface area contributed by atoms with Gasteiger partial charge in [-0.25, -0.2) is 17.2 Å². The zero-order valence-corrected chi connectivity index (χ0v) is 25.0. The molecule has 1 fully saturated rings. The fraction of sp³-hybridized carbons (Fsp3) is 0.393. The summed E-state index contributed by atoms with van der Waals surface area (Å²) < 4.78 is 61.3.